The lowest BCUT2D eigenvalue weighted by Gasteiger charge is -2.37. The minimum atomic E-state index is 0. The average molecular weight is 510 g/mol. The summed E-state index contributed by atoms with van der Waals surface area (Å²) >= 11 is 0. The highest BCUT2D eigenvalue weighted by Crippen LogP contribution is 2.27. The van der Waals surface area contributed by atoms with Crippen LogP contribution in [-0.4, -0.2) is 62.8 Å². The minimum absolute atomic E-state index is 0. The molecule has 0 radical (unpaired) electrons. The molecule has 6 nitrogen and oxygen atoms in total. The molecule has 1 aliphatic rings. The number of guanidine groups is 1. The molecule has 2 aromatic carbocycles. The molecule has 0 unspecified atom stereocenters. The zero-order chi connectivity index (χ0) is 19.8. The summed E-state index contributed by atoms with van der Waals surface area (Å²) < 4.78 is 5.28. The van der Waals surface area contributed by atoms with Gasteiger partial charge in [-0.25, -0.2) is 0 Å². The molecule has 29 heavy (non-hydrogen) atoms. The summed E-state index contributed by atoms with van der Waals surface area (Å²) in [6.45, 7) is 4.36. The van der Waals surface area contributed by atoms with Crippen molar-refractivity contribution in [2.45, 2.75) is 12.8 Å². The number of hydrogen-bond donors (Lipinski definition) is 2. The Morgan fingerprint density at radius 1 is 1.10 bits per heavy atom. The molecule has 1 heterocycles. The maximum Gasteiger partial charge on any atom is 0.193 e. The molecular formula is C22H31IN4O2. The van der Waals surface area contributed by atoms with Crippen molar-refractivity contribution in [3.8, 4) is 11.5 Å². The van der Waals surface area contributed by atoms with E-state index in [0.717, 1.165) is 63.0 Å². The number of benzene rings is 2. The predicted octanol–water partition coefficient (Wildman–Crippen LogP) is 3.35. The Bertz CT molecular complexity index is 792. The van der Waals surface area contributed by atoms with Gasteiger partial charge in [0.05, 0.1) is 12.8 Å². The number of rotatable bonds is 6. The van der Waals surface area contributed by atoms with Crippen molar-refractivity contribution in [3.05, 3.63) is 54.1 Å². The normalized spacial score (nSPS) is 14.3. The summed E-state index contributed by atoms with van der Waals surface area (Å²) in [5.41, 5.74) is 2.19. The number of aryl methyl sites for hydroxylation is 1. The van der Waals surface area contributed by atoms with Gasteiger partial charge in [0.1, 0.15) is 11.5 Å². The van der Waals surface area contributed by atoms with E-state index in [-0.39, 0.29) is 24.0 Å². The van der Waals surface area contributed by atoms with Crippen molar-refractivity contribution >= 4 is 35.6 Å². The number of nitrogens with one attached hydrogen (secondary N) is 1. The Labute approximate surface area is 190 Å². The van der Waals surface area contributed by atoms with Gasteiger partial charge in [-0.1, -0.05) is 24.3 Å². The lowest BCUT2D eigenvalue weighted by atomic mass is 10.1. The maximum atomic E-state index is 10.1. The molecule has 2 aromatic rings. The Kier molecular flexibility index (Phi) is 9.37. The minimum Gasteiger partial charge on any atom is -0.506 e. The van der Waals surface area contributed by atoms with Crippen molar-refractivity contribution < 1.29 is 9.84 Å². The summed E-state index contributed by atoms with van der Waals surface area (Å²) in [7, 11) is 3.53. The molecule has 2 N–H and O–H groups in total. The topological polar surface area (TPSA) is 60.3 Å². The fourth-order valence-corrected chi connectivity index (χ4v) is 3.54. The van der Waals surface area contributed by atoms with Crippen molar-refractivity contribution in [1.82, 2.24) is 10.2 Å². The molecule has 0 atom stereocenters. The lowest BCUT2D eigenvalue weighted by Crippen LogP contribution is -2.52. The molecule has 1 aliphatic heterocycles. The molecule has 158 valence electrons. The number of anilines is 1. The van der Waals surface area contributed by atoms with Gasteiger partial charge >= 0.3 is 0 Å². The number of phenols is 1. The Morgan fingerprint density at radius 2 is 1.86 bits per heavy atom. The predicted molar refractivity (Wildman–Crippen MR) is 130 cm³/mol. The number of phenolic OH excluding ortho intramolecular Hbond substituents is 1. The van der Waals surface area contributed by atoms with Crippen LogP contribution in [0.1, 0.15) is 12.0 Å². The Morgan fingerprint density at radius 3 is 2.55 bits per heavy atom. The second kappa shape index (κ2) is 11.7. The van der Waals surface area contributed by atoms with E-state index in [0.29, 0.717) is 5.75 Å². The van der Waals surface area contributed by atoms with E-state index in [1.165, 1.54) is 5.56 Å². The second-order valence-corrected chi connectivity index (χ2v) is 6.89. The number of nitrogens with zero attached hydrogens (tertiary/aromatic N) is 3. The van der Waals surface area contributed by atoms with Crippen LogP contribution in [0.3, 0.4) is 0 Å². The van der Waals surface area contributed by atoms with Crippen molar-refractivity contribution in [2.75, 3.05) is 51.8 Å². The van der Waals surface area contributed by atoms with E-state index in [2.05, 4.69) is 32.2 Å². The van der Waals surface area contributed by atoms with E-state index in [1.54, 1.807) is 13.2 Å². The fourth-order valence-electron chi connectivity index (χ4n) is 3.54. The number of halogens is 1. The first-order valence-corrected chi connectivity index (χ1v) is 9.82. The van der Waals surface area contributed by atoms with Crippen LogP contribution in [0.2, 0.25) is 0 Å². The van der Waals surface area contributed by atoms with Crippen molar-refractivity contribution in [3.63, 3.8) is 0 Å². The van der Waals surface area contributed by atoms with E-state index in [9.17, 15) is 5.11 Å². The summed E-state index contributed by atoms with van der Waals surface area (Å²) in [5, 5.41) is 13.5. The third-order valence-corrected chi connectivity index (χ3v) is 5.07. The molecule has 1 saturated heterocycles. The first kappa shape index (κ1) is 23.1. The van der Waals surface area contributed by atoms with Gasteiger partial charge < -0.3 is 25.0 Å². The van der Waals surface area contributed by atoms with Gasteiger partial charge in [0.15, 0.2) is 5.96 Å². The second-order valence-electron chi connectivity index (χ2n) is 6.89. The smallest absolute Gasteiger partial charge is 0.193 e. The number of aromatic hydroxyl groups is 1. The van der Waals surface area contributed by atoms with Crippen LogP contribution in [-0.2, 0) is 6.42 Å². The molecule has 0 saturated carbocycles. The van der Waals surface area contributed by atoms with Crippen LogP contribution >= 0.6 is 24.0 Å². The van der Waals surface area contributed by atoms with Crippen LogP contribution in [0.15, 0.2) is 53.5 Å². The van der Waals surface area contributed by atoms with Gasteiger partial charge in [0, 0.05) is 39.8 Å². The molecular weight excluding hydrogens is 479 g/mol. The van der Waals surface area contributed by atoms with Gasteiger partial charge in [-0.2, -0.15) is 0 Å². The van der Waals surface area contributed by atoms with Gasteiger partial charge in [-0.3, -0.25) is 4.99 Å². The first-order valence-electron chi connectivity index (χ1n) is 9.82. The van der Waals surface area contributed by atoms with Gasteiger partial charge in [0.2, 0.25) is 0 Å². The highest BCUT2D eigenvalue weighted by Gasteiger charge is 2.21. The molecule has 3 rings (SSSR count). The molecule has 1 fully saturated rings. The van der Waals surface area contributed by atoms with E-state index in [4.69, 9.17) is 4.74 Å². The molecule has 7 heteroatoms. The van der Waals surface area contributed by atoms with Gasteiger partial charge in [0.25, 0.3) is 0 Å². The molecule has 0 bridgehead atoms. The third kappa shape index (κ3) is 6.42. The van der Waals surface area contributed by atoms with Crippen molar-refractivity contribution in [2.24, 2.45) is 4.99 Å². The lowest BCUT2D eigenvalue weighted by molar-refractivity contribution is 0.369. The zero-order valence-electron chi connectivity index (χ0n) is 17.2. The van der Waals surface area contributed by atoms with Crippen LogP contribution in [0.25, 0.3) is 0 Å². The zero-order valence-corrected chi connectivity index (χ0v) is 19.5. The number of para-hydroxylation sites is 2. The summed E-state index contributed by atoms with van der Waals surface area (Å²) in [5.74, 6) is 2.20. The van der Waals surface area contributed by atoms with Gasteiger partial charge in [-0.05, 0) is 42.7 Å². The third-order valence-electron chi connectivity index (χ3n) is 5.07. The largest absolute Gasteiger partial charge is 0.506 e. The van der Waals surface area contributed by atoms with Crippen LogP contribution < -0.4 is 15.0 Å². The SMILES string of the molecule is CN=C(NCCCc1cccc(OC)c1)N1CCN(c2ccccc2O)CC1.I. The molecule has 0 amide bonds. The summed E-state index contributed by atoms with van der Waals surface area (Å²) in [4.78, 5) is 8.95. The average Bonchev–Trinajstić information content (AvgIpc) is 2.75. The van der Waals surface area contributed by atoms with Crippen LogP contribution in [0.5, 0.6) is 11.5 Å². The van der Waals surface area contributed by atoms with Crippen LogP contribution in [0, 0.1) is 0 Å². The monoisotopic (exact) mass is 510 g/mol. The Hall–Kier alpha value is -2.16. The van der Waals surface area contributed by atoms with Crippen LogP contribution in [0.4, 0.5) is 5.69 Å². The highest BCUT2D eigenvalue weighted by molar-refractivity contribution is 14.0. The molecule has 0 aliphatic carbocycles. The standard InChI is InChI=1S/C22H30N4O2.HI/c1-23-22(24-12-6-8-18-7-5-9-19(17-18)28-2)26-15-13-25(14-16-26)20-10-3-4-11-21(20)27;/h3-5,7,9-11,17,27H,6,8,12-16H2,1-2H3,(H,23,24);1H. The molecule has 0 aromatic heterocycles. The van der Waals surface area contributed by atoms with E-state index >= 15 is 0 Å². The number of ether oxygens (including phenoxy) is 1. The number of piperazine rings is 1. The maximum absolute atomic E-state index is 10.1. The highest BCUT2D eigenvalue weighted by atomic mass is 127. The molecule has 0 spiro atoms. The summed E-state index contributed by atoms with van der Waals surface area (Å²) in [6, 6.07) is 15.8. The summed E-state index contributed by atoms with van der Waals surface area (Å²) in [6.07, 6.45) is 2.03. The quantitative estimate of drug-likeness (QED) is 0.270. The fraction of sp³-hybridized carbons (Fsp3) is 0.409. The van der Waals surface area contributed by atoms with E-state index in [1.807, 2.05) is 37.4 Å². The number of aliphatic imine (C=N–C) groups is 1. The number of hydrogen-bond acceptors (Lipinski definition) is 4. The van der Waals surface area contributed by atoms with E-state index < -0.39 is 0 Å². The Balaban J connectivity index is 0.00000300. The van der Waals surface area contributed by atoms with Crippen molar-refractivity contribution in [1.29, 1.82) is 0 Å². The first-order chi connectivity index (χ1) is 13.7. The van der Waals surface area contributed by atoms with Gasteiger partial charge in [-0.15, -0.1) is 24.0 Å². The number of methoxy groups -OCH3 is 1.